The van der Waals surface area contributed by atoms with Gasteiger partial charge in [0.15, 0.2) is 0 Å². The van der Waals surface area contributed by atoms with Crippen molar-refractivity contribution in [3.8, 4) is 0 Å². The van der Waals surface area contributed by atoms with Crippen LogP contribution in [0.2, 0.25) is 10.0 Å². The molecule has 126 valence electrons. The summed E-state index contributed by atoms with van der Waals surface area (Å²) in [6, 6.07) is 8.81. The maximum Gasteiger partial charge on any atom is 0.255 e. The Morgan fingerprint density at radius 3 is 2.42 bits per heavy atom. The molecule has 0 saturated carbocycles. The van der Waals surface area contributed by atoms with Crippen molar-refractivity contribution in [2.75, 3.05) is 18.4 Å². The predicted molar refractivity (Wildman–Crippen MR) is 98.4 cm³/mol. The summed E-state index contributed by atoms with van der Waals surface area (Å²) in [6.45, 7) is 1.67. The van der Waals surface area contributed by atoms with Gasteiger partial charge >= 0.3 is 0 Å². The van der Waals surface area contributed by atoms with Crippen LogP contribution in [0.1, 0.15) is 36.0 Å². The van der Waals surface area contributed by atoms with E-state index in [1.54, 1.807) is 36.5 Å². The van der Waals surface area contributed by atoms with E-state index < -0.39 is 0 Å². The average Bonchev–Trinajstić information content (AvgIpc) is 2.87. The molecule has 1 aromatic carbocycles. The lowest BCUT2D eigenvalue weighted by molar-refractivity contribution is 0.0761. The van der Waals surface area contributed by atoms with Crippen LogP contribution >= 0.6 is 23.2 Å². The van der Waals surface area contributed by atoms with E-state index in [4.69, 9.17) is 23.2 Å². The number of halogens is 2. The first-order valence-electron chi connectivity index (χ1n) is 8.11. The van der Waals surface area contributed by atoms with Crippen LogP contribution in [0.3, 0.4) is 0 Å². The number of hydrogen-bond acceptors (Lipinski definition) is 3. The molecule has 1 saturated heterocycles. The second-order valence-electron chi connectivity index (χ2n) is 5.89. The Labute approximate surface area is 151 Å². The third-order valence-electron chi connectivity index (χ3n) is 4.10. The average molecular weight is 364 g/mol. The van der Waals surface area contributed by atoms with E-state index in [1.807, 2.05) is 4.90 Å². The summed E-state index contributed by atoms with van der Waals surface area (Å²) >= 11 is 12.0. The van der Waals surface area contributed by atoms with Crippen LogP contribution in [-0.2, 0) is 0 Å². The van der Waals surface area contributed by atoms with E-state index in [2.05, 4.69) is 10.3 Å². The number of hydrogen-bond donors (Lipinski definition) is 1. The Bertz CT molecular complexity index is 711. The Balaban J connectivity index is 1.69. The summed E-state index contributed by atoms with van der Waals surface area (Å²) in [6.07, 6.45) is 6.17. The van der Waals surface area contributed by atoms with Crippen LogP contribution in [0.4, 0.5) is 11.5 Å². The van der Waals surface area contributed by atoms with Crippen LogP contribution in [-0.4, -0.2) is 28.9 Å². The Hall–Kier alpha value is -1.78. The van der Waals surface area contributed by atoms with Crippen LogP contribution in [0.5, 0.6) is 0 Å². The highest BCUT2D eigenvalue weighted by Crippen LogP contribution is 2.27. The number of nitrogens with one attached hydrogen (secondary N) is 1. The first kappa shape index (κ1) is 17.1. The van der Waals surface area contributed by atoms with Crippen molar-refractivity contribution in [2.24, 2.45) is 0 Å². The number of benzene rings is 1. The van der Waals surface area contributed by atoms with Crippen molar-refractivity contribution in [3.63, 3.8) is 0 Å². The number of anilines is 2. The number of carbonyl (C=O) groups is 1. The summed E-state index contributed by atoms with van der Waals surface area (Å²) in [7, 11) is 0. The molecule has 3 rings (SSSR count). The van der Waals surface area contributed by atoms with E-state index in [1.165, 1.54) is 12.8 Å². The van der Waals surface area contributed by atoms with E-state index in [-0.39, 0.29) is 5.91 Å². The van der Waals surface area contributed by atoms with E-state index >= 15 is 0 Å². The van der Waals surface area contributed by atoms with Gasteiger partial charge in [-0.1, -0.05) is 36.0 Å². The van der Waals surface area contributed by atoms with Gasteiger partial charge in [0.05, 0.1) is 16.3 Å². The molecule has 1 aromatic heterocycles. The van der Waals surface area contributed by atoms with Gasteiger partial charge in [-0.2, -0.15) is 0 Å². The molecule has 0 aliphatic carbocycles. The third kappa shape index (κ3) is 4.19. The van der Waals surface area contributed by atoms with Crippen molar-refractivity contribution < 1.29 is 4.79 Å². The van der Waals surface area contributed by atoms with Gasteiger partial charge in [-0.15, -0.1) is 0 Å². The number of carbonyl (C=O) groups excluding carboxylic acids is 1. The highest BCUT2D eigenvalue weighted by molar-refractivity contribution is 6.36. The van der Waals surface area contributed by atoms with E-state index in [9.17, 15) is 4.79 Å². The SMILES string of the molecule is O=C(c1ccc(Nc2ccc(Cl)cc2Cl)nc1)N1CCCCCC1. The molecule has 1 amide bonds. The molecule has 0 bridgehead atoms. The molecule has 0 radical (unpaired) electrons. The van der Waals surface area contributed by atoms with Crippen LogP contribution in [0, 0.1) is 0 Å². The Morgan fingerprint density at radius 1 is 1.04 bits per heavy atom. The second kappa shape index (κ2) is 7.86. The molecule has 24 heavy (non-hydrogen) atoms. The number of amides is 1. The lowest BCUT2D eigenvalue weighted by atomic mass is 10.2. The van der Waals surface area contributed by atoms with Gasteiger partial charge in [0.1, 0.15) is 5.82 Å². The van der Waals surface area contributed by atoms with Crippen molar-refractivity contribution in [3.05, 3.63) is 52.1 Å². The number of rotatable bonds is 3. The summed E-state index contributed by atoms with van der Waals surface area (Å²) in [5, 5.41) is 4.23. The molecule has 4 nitrogen and oxygen atoms in total. The lowest BCUT2D eigenvalue weighted by Crippen LogP contribution is -2.31. The highest BCUT2D eigenvalue weighted by atomic mass is 35.5. The topological polar surface area (TPSA) is 45.2 Å². The molecule has 2 aromatic rings. The van der Waals surface area contributed by atoms with Gasteiger partial charge in [0.25, 0.3) is 5.91 Å². The first-order chi connectivity index (χ1) is 11.6. The zero-order valence-corrected chi connectivity index (χ0v) is 14.8. The standard InChI is InChI=1S/C18H19Cl2N3O/c19-14-6-7-16(15(20)11-14)22-17-8-5-13(12-21-17)18(24)23-9-3-1-2-4-10-23/h5-8,11-12H,1-4,9-10H2,(H,21,22). The van der Waals surface area contributed by atoms with Gasteiger partial charge < -0.3 is 10.2 Å². The molecule has 1 N–H and O–H groups in total. The third-order valence-corrected chi connectivity index (χ3v) is 4.65. The molecule has 0 unspecified atom stereocenters. The van der Waals surface area contributed by atoms with Crippen molar-refractivity contribution >= 4 is 40.6 Å². The molecule has 6 heteroatoms. The largest absolute Gasteiger partial charge is 0.339 e. The van der Waals surface area contributed by atoms with E-state index in [0.29, 0.717) is 21.4 Å². The fourth-order valence-corrected chi connectivity index (χ4v) is 3.24. The molecule has 1 aliphatic rings. The summed E-state index contributed by atoms with van der Waals surface area (Å²) < 4.78 is 0. The molecular weight excluding hydrogens is 345 g/mol. The van der Waals surface area contributed by atoms with Crippen LogP contribution in [0.15, 0.2) is 36.5 Å². The quantitative estimate of drug-likeness (QED) is 0.819. The monoisotopic (exact) mass is 363 g/mol. The Morgan fingerprint density at radius 2 is 1.79 bits per heavy atom. The first-order valence-corrected chi connectivity index (χ1v) is 8.86. The minimum Gasteiger partial charge on any atom is -0.339 e. The minimum atomic E-state index is 0.0560. The number of aromatic nitrogens is 1. The van der Waals surface area contributed by atoms with Crippen LogP contribution < -0.4 is 5.32 Å². The lowest BCUT2D eigenvalue weighted by Gasteiger charge is -2.20. The fraction of sp³-hybridized carbons (Fsp3) is 0.333. The number of likely N-dealkylation sites (tertiary alicyclic amines) is 1. The fourth-order valence-electron chi connectivity index (χ4n) is 2.78. The molecule has 0 spiro atoms. The number of pyridine rings is 1. The van der Waals surface area contributed by atoms with Crippen molar-refractivity contribution in [1.29, 1.82) is 0 Å². The van der Waals surface area contributed by atoms with Crippen molar-refractivity contribution in [1.82, 2.24) is 9.88 Å². The predicted octanol–water partition coefficient (Wildman–Crippen LogP) is 5.15. The minimum absolute atomic E-state index is 0.0560. The molecule has 0 atom stereocenters. The summed E-state index contributed by atoms with van der Waals surface area (Å²) in [5.74, 6) is 0.687. The molecule has 1 fully saturated rings. The normalized spacial score (nSPS) is 15.0. The van der Waals surface area contributed by atoms with Gasteiger partial charge in [0.2, 0.25) is 0 Å². The zero-order chi connectivity index (χ0) is 16.9. The maximum absolute atomic E-state index is 12.5. The van der Waals surface area contributed by atoms with E-state index in [0.717, 1.165) is 31.6 Å². The maximum atomic E-state index is 12.5. The summed E-state index contributed by atoms with van der Waals surface area (Å²) in [4.78, 5) is 18.8. The highest BCUT2D eigenvalue weighted by Gasteiger charge is 2.17. The second-order valence-corrected chi connectivity index (χ2v) is 6.73. The smallest absolute Gasteiger partial charge is 0.255 e. The van der Waals surface area contributed by atoms with Gasteiger partial charge in [-0.25, -0.2) is 4.98 Å². The molecular formula is C18H19Cl2N3O. The Kier molecular flexibility index (Phi) is 5.59. The zero-order valence-electron chi connectivity index (χ0n) is 13.3. The summed E-state index contributed by atoms with van der Waals surface area (Å²) in [5.41, 5.74) is 1.34. The van der Waals surface area contributed by atoms with Crippen molar-refractivity contribution in [2.45, 2.75) is 25.7 Å². The van der Waals surface area contributed by atoms with Gasteiger partial charge in [-0.3, -0.25) is 4.79 Å². The van der Waals surface area contributed by atoms with Gasteiger partial charge in [0, 0.05) is 24.3 Å². The molecule has 2 heterocycles. The number of nitrogens with zero attached hydrogens (tertiary/aromatic N) is 2. The van der Waals surface area contributed by atoms with Gasteiger partial charge in [-0.05, 0) is 43.2 Å². The van der Waals surface area contributed by atoms with Crippen LogP contribution in [0.25, 0.3) is 0 Å². The molecule has 1 aliphatic heterocycles.